The summed E-state index contributed by atoms with van der Waals surface area (Å²) in [6.07, 6.45) is -1.92. The predicted octanol–water partition coefficient (Wildman–Crippen LogP) is 5.36. The van der Waals surface area contributed by atoms with Crippen LogP contribution in [0.25, 0.3) is 9.88 Å². The number of hydrogen-bond donors (Lipinski definition) is 0. The zero-order valence-corrected chi connectivity index (χ0v) is 15.5. The van der Waals surface area contributed by atoms with E-state index in [1.165, 1.54) is 29.5 Å². The summed E-state index contributed by atoms with van der Waals surface area (Å²) >= 11 is 2.86. The molecule has 3 aromatic rings. The number of fused-ring (bicyclic) bond motifs is 1. The molecular weight excluding hydrogens is 397 g/mol. The Labute approximate surface area is 160 Å². The predicted molar refractivity (Wildman–Crippen MR) is 98.5 cm³/mol. The minimum Gasteiger partial charge on any atom is -0.406 e. The second-order valence-electron chi connectivity index (χ2n) is 5.91. The van der Waals surface area contributed by atoms with Gasteiger partial charge in [0.15, 0.2) is 0 Å². The highest BCUT2D eigenvalue weighted by Gasteiger charge is 2.32. The molecule has 0 unspecified atom stereocenters. The van der Waals surface area contributed by atoms with Crippen LogP contribution in [-0.4, -0.2) is 23.8 Å². The van der Waals surface area contributed by atoms with Crippen molar-refractivity contribution in [2.24, 2.45) is 0 Å². The number of carbonyl (C=O) groups excluding carboxylic acids is 1. The van der Waals surface area contributed by atoms with Gasteiger partial charge in [-0.25, -0.2) is 4.98 Å². The smallest absolute Gasteiger partial charge is 0.406 e. The maximum absolute atomic E-state index is 12.9. The molecule has 1 aliphatic rings. The molecule has 0 saturated heterocycles. The van der Waals surface area contributed by atoms with Crippen molar-refractivity contribution in [1.29, 1.82) is 0 Å². The summed E-state index contributed by atoms with van der Waals surface area (Å²) < 4.78 is 41.3. The van der Waals surface area contributed by atoms with Crippen molar-refractivity contribution in [2.45, 2.75) is 19.2 Å². The third-order valence-electron chi connectivity index (χ3n) is 4.10. The molecule has 0 spiro atoms. The zero-order chi connectivity index (χ0) is 19.0. The molecule has 1 amide bonds. The zero-order valence-electron chi connectivity index (χ0n) is 13.8. The van der Waals surface area contributed by atoms with Gasteiger partial charge in [0.25, 0.3) is 5.91 Å². The lowest BCUT2D eigenvalue weighted by molar-refractivity contribution is -0.274. The van der Waals surface area contributed by atoms with E-state index in [1.807, 2.05) is 17.5 Å². The number of rotatable bonds is 3. The molecule has 1 aliphatic heterocycles. The van der Waals surface area contributed by atoms with E-state index in [1.54, 1.807) is 22.4 Å². The Morgan fingerprint density at radius 1 is 1.26 bits per heavy atom. The average Bonchev–Trinajstić information content (AvgIpc) is 3.30. The number of aryl methyl sites for hydroxylation is 1. The van der Waals surface area contributed by atoms with Crippen molar-refractivity contribution in [3.63, 3.8) is 0 Å². The number of anilines is 1. The largest absolute Gasteiger partial charge is 0.573 e. The molecule has 0 bridgehead atoms. The second kappa shape index (κ2) is 6.97. The summed E-state index contributed by atoms with van der Waals surface area (Å²) in [6, 6.07) is 7.96. The summed E-state index contributed by atoms with van der Waals surface area (Å²) in [5.41, 5.74) is 1.28. The van der Waals surface area contributed by atoms with Crippen LogP contribution in [-0.2, 0) is 6.42 Å². The number of nitrogens with zero attached hydrogens (tertiary/aromatic N) is 2. The number of amides is 1. The quantitative estimate of drug-likeness (QED) is 0.584. The van der Waals surface area contributed by atoms with Gasteiger partial charge in [-0.2, -0.15) is 0 Å². The fourth-order valence-electron chi connectivity index (χ4n) is 3.00. The first-order valence-electron chi connectivity index (χ1n) is 8.11. The lowest BCUT2D eigenvalue weighted by Crippen LogP contribution is -2.35. The minimum atomic E-state index is -4.74. The second-order valence-corrected chi connectivity index (χ2v) is 7.88. The van der Waals surface area contributed by atoms with E-state index in [0.717, 1.165) is 9.88 Å². The number of thiazole rings is 1. The van der Waals surface area contributed by atoms with Crippen molar-refractivity contribution in [3.05, 3.63) is 52.3 Å². The van der Waals surface area contributed by atoms with Crippen molar-refractivity contribution in [2.75, 3.05) is 11.4 Å². The molecule has 27 heavy (non-hydrogen) atoms. The van der Waals surface area contributed by atoms with E-state index < -0.39 is 6.36 Å². The third-order valence-corrected chi connectivity index (χ3v) is 6.12. The van der Waals surface area contributed by atoms with E-state index in [2.05, 4.69) is 9.72 Å². The van der Waals surface area contributed by atoms with Gasteiger partial charge in [-0.15, -0.1) is 35.8 Å². The van der Waals surface area contributed by atoms with E-state index >= 15 is 0 Å². The van der Waals surface area contributed by atoms with Gasteiger partial charge in [0, 0.05) is 12.2 Å². The number of halogens is 3. The topological polar surface area (TPSA) is 42.4 Å². The van der Waals surface area contributed by atoms with Gasteiger partial charge < -0.3 is 9.64 Å². The molecule has 0 atom stereocenters. The van der Waals surface area contributed by atoms with Gasteiger partial charge in [0.05, 0.1) is 11.1 Å². The molecule has 2 aromatic heterocycles. The summed E-state index contributed by atoms with van der Waals surface area (Å²) in [5.74, 6) is -0.464. The van der Waals surface area contributed by atoms with Crippen molar-refractivity contribution in [3.8, 4) is 15.6 Å². The number of ether oxygens (including phenoxy) is 1. The van der Waals surface area contributed by atoms with Crippen LogP contribution >= 0.6 is 22.7 Å². The van der Waals surface area contributed by atoms with E-state index in [0.29, 0.717) is 35.5 Å². The first-order valence-corrected chi connectivity index (χ1v) is 9.80. The Kier molecular flexibility index (Phi) is 4.65. The van der Waals surface area contributed by atoms with Crippen LogP contribution in [0.3, 0.4) is 0 Å². The van der Waals surface area contributed by atoms with Crippen LogP contribution in [0, 0.1) is 0 Å². The molecule has 0 N–H and O–H groups in total. The highest BCUT2D eigenvalue weighted by atomic mass is 32.1. The molecule has 9 heteroatoms. The fourth-order valence-corrected chi connectivity index (χ4v) is 4.67. The Morgan fingerprint density at radius 2 is 2.11 bits per heavy atom. The molecule has 4 nitrogen and oxygen atoms in total. The van der Waals surface area contributed by atoms with Gasteiger partial charge in [0.2, 0.25) is 0 Å². The third kappa shape index (κ3) is 3.84. The highest BCUT2D eigenvalue weighted by molar-refractivity contribution is 7.22. The molecule has 0 saturated carbocycles. The van der Waals surface area contributed by atoms with E-state index in [9.17, 15) is 18.0 Å². The Bertz CT molecular complexity index is 967. The van der Waals surface area contributed by atoms with Crippen LogP contribution < -0.4 is 9.64 Å². The first kappa shape index (κ1) is 18.0. The van der Waals surface area contributed by atoms with Crippen molar-refractivity contribution < 1.29 is 22.7 Å². The maximum atomic E-state index is 12.9. The lowest BCUT2D eigenvalue weighted by Gasteiger charge is -2.29. The summed E-state index contributed by atoms with van der Waals surface area (Å²) in [7, 11) is 0. The minimum absolute atomic E-state index is 0.194. The van der Waals surface area contributed by atoms with Crippen LogP contribution in [0.5, 0.6) is 5.75 Å². The molecule has 0 radical (unpaired) electrons. The summed E-state index contributed by atoms with van der Waals surface area (Å²) in [5, 5.41) is 2.72. The van der Waals surface area contributed by atoms with Gasteiger partial charge in [-0.1, -0.05) is 6.07 Å². The van der Waals surface area contributed by atoms with Crippen LogP contribution in [0.4, 0.5) is 18.9 Å². The monoisotopic (exact) mass is 410 g/mol. The molecular formula is C18H13F3N2O2S2. The number of benzene rings is 1. The number of alkyl halides is 3. The average molecular weight is 410 g/mol. The number of hydrogen-bond acceptors (Lipinski definition) is 5. The molecule has 4 rings (SSSR count). The molecule has 1 aromatic carbocycles. The Hall–Kier alpha value is -2.39. The molecule has 3 heterocycles. The van der Waals surface area contributed by atoms with Gasteiger partial charge >= 0.3 is 6.36 Å². The Morgan fingerprint density at radius 3 is 2.85 bits per heavy atom. The highest BCUT2D eigenvalue weighted by Crippen LogP contribution is 2.35. The van der Waals surface area contributed by atoms with Gasteiger partial charge in [-0.3, -0.25) is 4.79 Å². The normalized spacial score (nSPS) is 14.1. The standard InChI is InChI=1S/C18H13F3N2O2S2/c19-18(20,21)25-12-5-6-13-11(9-12)3-1-7-23(13)17(24)15-10-22-16(27-15)14-4-2-8-26-14/h2,4-6,8-10H,1,3,7H2. The van der Waals surface area contributed by atoms with Crippen molar-refractivity contribution >= 4 is 34.3 Å². The SMILES string of the molecule is O=C(c1cnc(-c2cccs2)s1)N1CCCc2cc(OC(F)(F)F)ccc21. The van der Waals surface area contributed by atoms with Gasteiger partial charge in [-0.05, 0) is 48.1 Å². The van der Waals surface area contributed by atoms with E-state index in [-0.39, 0.29) is 11.7 Å². The van der Waals surface area contributed by atoms with Crippen LogP contribution in [0.2, 0.25) is 0 Å². The van der Waals surface area contributed by atoms with E-state index in [4.69, 9.17) is 0 Å². The molecule has 0 fully saturated rings. The summed E-state index contributed by atoms with van der Waals surface area (Å²) in [4.78, 5) is 20.4. The number of carbonyl (C=O) groups is 1. The molecule has 140 valence electrons. The van der Waals surface area contributed by atoms with Crippen molar-refractivity contribution in [1.82, 2.24) is 4.98 Å². The van der Waals surface area contributed by atoms with Crippen LogP contribution in [0.1, 0.15) is 21.7 Å². The number of thiophene rings is 1. The lowest BCUT2D eigenvalue weighted by atomic mass is 10.0. The first-order chi connectivity index (χ1) is 12.9. The van der Waals surface area contributed by atoms with Gasteiger partial charge in [0.1, 0.15) is 15.6 Å². The Balaban J connectivity index is 1.60. The van der Waals surface area contributed by atoms with Crippen LogP contribution in [0.15, 0.2) is 41.9 Å². The number of aromatic nitrogens is 1. The maximum Gasteiger partial charge on any atom is 0.573 e. The fraction of sp³-hybridized carbons (Fsp3) is 0.222. The molecule has 0 aliphatic carbocycles. The summed E-state index contributed by atoms with van der Waals surface area (Å²) in [6.45, 7) is 0.511.